The highest BCUT2D eigenvalue weighted by Gasteiger charge is 1.98. The molecule has 1 aromatic rings. The van der Waals surface area contributed by atoms with Crippen LogP contribution in [0.25, 0.3) is 0 Å². The fourth-order valence-corrected chi connectivity index (χ4v) is 2.19. The Balaban J connectivity index is 2.96. The minimum absolute atomic E-state index is 0.982. The summed E-state index contributed by atoms with van der Waals surface area (Å²) in [4.78, 5) is 0. The molecule has 1 heteroatoms. The Bertz CT molecular complexity index is 241. The predicted octanol–water partition coefficient (Wildman–Crippen LogP) is 2.07. The minimum atomic E-state index is 0.982. The largest absolute Gasteiger partial charge is 0.0808 e. The van der Waals surface area contributed by atoms with Crippen LogP contribution in [-0.4, -0.2) is 9.52 Å². The van der Waals surface area contributed by atoms with Crippen molar-refractivity contribution in [3.8, 4) is 0 Å². The van der Waals surface area contributed by atoms with Crippen LogP contribution in [0.3, 0.4) is 0 Å². The SMILES string of the molecule is CC[Si]c1cccc(C)c1C. The Morgan fingerprint density at radius 3 is 2.64 bits per heavy atom. The van der Waals surface area contributed by atoms with Gasteiger partial charge in [0.2, 0.25) is 0 Å². The first-order valence-electron chi connectivity index (χ1n) is 4.05. The third-order valence-corrected chi connectivity index (χ3v) is 3.25. The Morgan fingerprint density at radius 2 is 2.00 bits per heavy atom. The summed E-state index contributed by atoms with van der Waals surface area (Å²) < 4.78 is 0. The summed E-state index contributed by atoms with van der Waals surface area (Å²) >= 11 is 0. The number of hydrogen-bond donors (Lipinski definition) is 0. The topological polar surface area (TPSA) is 0 Å². The molecule has 0 aliphatic heterocycles. The first-order valence-corrected chi connectivity index (χ1v) is 5.26. The van der Waals surface area contributed by atoms with Crippen molar-refractivity contribution in [1.82, 2.24) is 0 Å². The van der Waals surface area contributed by atoms with E-state index in [-0.39, 0.29) is 0 Å². The molecule has 1 rings (SSSR count). The van der Waals surface area contributed by atoms with Crippen molar-refractivity contribution >= 4 is 14.7 Å². The monoisotopic (exact) mass is 162 g/mol. The smallest absolute Gasteiger partial charge is 0.0679 e. The maximum absolute atomic E-state index is 2.24. The summed E-state index contributed by atoms with van der Waals surface area (Å²) in [7, 11) is 0.982. The molecule has 2 radical (unpaired) electrons. The molecule has 0 aliphatic rings. The number of rotatable bonds is 2. The van der Waals surface area contributed by atoms with Crippen LogP contribution in [0.4, 0.5) is 0 Å². The molecule has 0 heterocycles. The van der Waals surface area contributed by atoms with Crippen LogP contribution in [0.15, 0.2) is 18.2 Å². The van der Waals surface area contributed by atoms with Crippen molar-refractivity contribution in [3.63, 3.8) is 0 Å². The zero-order valence-corrected chi connectivity index (χ0v) is 8.44. The molecular weight excluding hydrogens is 148 g/mol. The molecule has 0 saturated carbocycles. The van der Waals surface area contributed by atoms with E-state index >= 15 is 0 Å². The summed E-state index contributed by atoms with van der Waals surface area (Å²) in [6.45, 7) is 6.63. The van der Waals surface area contributed by atoms with Gasteiger partial charge in [0.15, 0.2) is 0 Å². The predicted molar refractivity (Wildman–Crippen MR) is 51.8 cm³/mol. The second kappa shape index (κ2) is 3.72. The quantitative estimate of drug-likeness (QED) is 0.584. The Hall–Kier alpha value is -0.563. The molecule has 0 aliphatic carbocycles. The van der Waals surface area contributed by atoms with Gasteiger partial charge in [-0.2, -0.15) is 0 Å². The van der Waals surface area contributed by atoms with Gasteiger partial charge in [-0.3, -0.25) is 0 Å². The fraction of sp³-hybridized carbons (Fsp3) is 0.400. The lowest BCUT2D eigenvalue weighted by Gasteiger charge is -2.05. The van der Waals surface area contributed by atoms with Crippen LogP contribution in [0.2, 0.25) is 6.04 Å². The van der Waals surface area contributed by atoms with Gasteiger partial charge in [0.05, 0.1) is 9.52 Å². The first-order chi connectivity index (χ1) is 5.25. The van der Waals surface area contributed by atoms with Crippen LogP contribution in [0, 0.1) is 13.8 Å². The third kappa shape index (κ3) is 1.93. The summed E-state index contributed by atoms with van der Waals surface area (Å²) in [5.74, 6) is 0. The van der Waals surface area contributed by atoms with E-state index in [1.807, 2.05) is 0 Å². The van der Waals surface area contributed by atoms with E-state index < -0.39 is 0 Å². The second-order valence-electron chi connectivity index (χ2n) is 2.78. The lowest BCUT2D eigenvalue weighted by Crippen LogP contribution is -2.16. The molecular formula is C10H14Si. The maximum Gasteiger partial charge on any atom is 0.0808 e. The fourth-order valence-electron chi connectivity index (χ4n) is 1.13. The summed E-state index contributed by atoms with van der Waals surface area (Å²) in [6, 6.07) is 7.84. The number of benzene rings is 1. The van der Waals surface area contributed by atoms with Gasteiger partial charge in [0, 0.05) is 0 Å². The molecule has 1 aromatic carbocycles. The summed E-state index contributed by atoms with van der Waals surface area (Å²) in [6.07, 6.45) is 0. The average molecular weight is 162 g/mol. The van der Waals surface area contributed by atoms with Crippen molar-refractivity contribution in [1.29, 1.82) is 0 Å². The van der Waals surface area contributed by atoms with Crippen LogP contribution in [0.1, 0.15) is 18.1 Å². The van der Waals surface area contributed by atoms with Crippen LogP contribution >= 0.6 is 0 Å². The minimum Gasteiger partial charge on any atom is -0.0679 e. The van der Waals surface area contributed by atoms with E-state index in [2.05, 4.69) is 39.0 Å². The summed E-state index contributed by atoms with van der Waals surface area (Å²) in [5.41, 5.74) is 2.90. The normalized spacial score (nSPS) is 10.1. The molecule has 0 fully saturated rings. The van der Waals surface area contributed by atoms with Gasteiger partial charge >= 0.3 is 0 Å². The molecule has 0 N–H and O–H groups in total. The van der Waals surface area contributed by atoms with E-state index in [1.165, 1.54) is 22.4 Å². The Morgan fingerprint density at radius 1 is 1.27 bits per heavy atom. The lowest BCUT2D eigenvalue weighted by molar-refractivity contribution is 1.36. The van der Waals surface area contributed by atoms with E-state index in [1.54, 1.807) is 0 Å². The van der Waals surface area contributed by atoms with Gasteiger partial charge < -0.3 is 0 Å². The third-order valence-electron chi connectivity index (χ3n) is 1.97. The van der Waals surface area contributed by atoms with Gasteiger partial charge in [-0.05, 0) is 25.0 Å². The van der Waals surface area contributed by atoms with Crippen molar-refractivity contribution < 1.29 is 0 Å². The molecule has 0 atom stereocenters. The van der Waals surface area contributed by atoms with Crippen molar-refractivity contribution in [2.75, 3.05) is 0 Å². The van der Waals surface area contributed by atoms with Gasteiger partial charge in [-0.15, -0.1) is 0 Å². The molecule has 0 spiro atoms. The first kappa shape index (κ1) is 8.53. The molecule has 0 bridgehead atoms. The van der Waals surface area contributed by atoms with E-state index in [0.29, 0.717) is 0 Å². The number of aryl methyl sites for hydroxylation is 1. The van der Waals surface area contributed by atoms with E-state index in [4.69, 9.17) is 0 Å². The standard InChI is InChI=1S/C10H14Si/c1-4-11-10-7-5-6-8(2)9(10)3/h5-7H,4H2,1-3H3. The second-order valence-corrected chi connectivity index (χ2v) is 4.38. The van der Waals surface area contributed by atoms with Gasteiger partial charge in [-0.1, -0.05) is 36.4 Å². The van der Waals surface area contributed by atoms with Gasteiger partial charge in [0.1, 0.15) is 0 Å². The van der Waals surface area contributed by atoms with Crippen molar-refractivity contribution in [2.45, 2.75) is 26.8 Å². The lowest BCUT2D eigenvalue weighted by atomic mass is 10.1. The Labute approximate surface area is 71.5 Å². The highest BCUT2D eigenvalue weighted by Crippen LogP contribution is 2.01. The zero-order valence-electron chi connectivity index (χ0n) is 7.44. The zero-order chi connectivity index (χ0) is 8.27. The van der Waals surface area contributed by atoms with Crippen LogP contribution in [-0.2, 0) is 0 Å². The van der Waals surface area contributed by atoms with Crippen molar-refractivity contribution in [3.05, 3.63) is 29.3 Å². The molecule has 0 nitrogen and oxygen atoms in total. The van der Waals surface area contributed by atoms with Gasteiger partial charge in [-0.25, -0.2) is 0 Å². The highest BCUT2D eigenvalue weighted by molar-refractivity contribution is 6.53. The molecule has 11 heavy (non-hydrogen) atoms. The van der Waals surface area contributed by atoms with E-state index in [0.717, 1.165) is 9.52 Å². The maximum atomic E-state index is 2.24. The molecule has 0 aromatic heterocycles. The Kier molecular flexibility index (Phi) is 2.89. The summed E-state index contributed by atoms with van der Waals surface area (Å²) in [5, 5.41) is 1.53. The van der Waals surface area contributed by atoms with Gasteiger partial charge in [0.25, 0.3) is 0 Å². The molecule has 0 amide bonds. The van der Waals surface area contributed by atoms with E-state index in [9.17, 15) is 0 Å². The van der Waals surface area contributed by atoms with Crippen LogP contribution < -0.4 is 5.19 Å². The molecule has 58 valence electrons. The number of hydrogen-bond acceptors (Lipinski definition) is 0. The van der Waals surface area contributed by atoms with Crippen LogP contribution in [0.5, 0.6) is 0 Å². The highest BCUT2D eigenvalue weighted by atomic mass is 28.2. The molecule has 0 saturated heterocycles. The molecule has 0 unspecified atom stereocenters. The average Bonchev–Trinajstić information content (AvgIpc) is 1.99. The van der Waals surface area contributed by atoms with Crippen molar-refractivity contribution in [2.24, 2.45) is 0 Å².